The molecule has 1 amide bonds. The van der Waals surface area contributed by atoms with Gasteiger partial charge in [0.05, 0.1) is 18.5 Å². The number of ether oxygens (including phenoxy) is 1. The van der Waals surface area contributed by atoms with Crippen molar-refractivity contribution in [1.82, 2.24) is 24.5 Å². The maximum absolute atomic E-state index is 11.2. The molecule has 0 aliphatic carbocycles. The van der Waals surface area contributed by atoms with Crippen molar-refractivity contribution in [3.63, 3.8) is 0 Å². The summed E-state index contributed by atoms with van der Waals surface area (Å²) in [6.07, 6.45) is -0.724. The van der Waals surface area contributed by atoms with Gasteiger partial charge in [0.25, 0.3) is 0 Å². The van der Waals surface area contributed by atoms with E-state index in [1.54, 1.807) is 18.3 Å². The van der Waals surface area contributed by atoms with Crippen molar-refractivity contribution in [3.8, 4) is 0 Å². The molecule has 4 rings (SSSR count). The third kappa shape index (κ3) is 7.08. The lowest BCUT2D eigenvalue weighted by Gasteiger charge is -2.20. The van der Waals surface area contributed by atoms with Gasteiger partial charge in [0.1, 0.15) is 30.2 Å². The van der Waals surface area contributed by atoms with Crippen LogP contribution in [0.4, 0.5) is 5.82 Å². The number of nitrogens with zero attached hydrogens (tertiary/aromatic N) is 5. The van der Waals surface area contributed by atoms with Crippen molar-refractivity contribution in [2.45, 2.75) is 24.5 Å². The van der Waals surface area contributed by atoms with E-state index in [0.717, 1.165) is 6.33 Å². The predicted octanol–water partition coefficient (Wildman–Crippen LogP) is -1.57. The molecule has 1 aliphatic rings. The first-order valence-electron chi connectivity index (χ1n) is 9.67. The number of carbonyl (C=O) groups is 1. The SMILES string of the molecule is NC(=O)c1cccnc1.Nc1ncnc2c1ncn2[C@@H]1O[C@H](COP(=O)(O)O)[C@@H](OP(=O)(O)O)[C@H]1O. The fourth-order valence-electron chi connectivity index (χ4n) is 3.11. The van der Waals surface area contributed by atoms with E-state index in [4.69, 9.17) is 35.8 Å². The number of hydrogen-bond donors (Lipinski definition) is 7. The Morgan fingerprint density at radius 2 is 1.89 bits per heavy atom. The number of rotatable bonds is 7. The zero-order valence-corrected chi connectivity index (χ0v) is 19.7. The van der Waals surface area contributed by atoms with Gasteiger partial charge >= 0.3 is 15.6 Å². The van der Waals surface area contributed by atoms with Crippen LogP contribution >= 0.6 is 15.6 Å². The van der Waals surface area contributed by atoms with Crippen LogP contribution in [0.5, 0.6) is 0 Å². The Morgan fingerprint density at radius 1 is 1.17 bits per heavy atom. The number of fused-ring (bicyclic) bond motifs is 1. The molecule has 20 heteroatoms. The van der Waals surface area contributed by atoms with Crippen molar-refractivity contribution in [2.75, 3.05) is 12.3 Å². The molecule has 3 aromatic rings. The highest BCUT2D eigenvalue weighted by atomic mass is 31.2. The normalized spacial score (nSPS) is 22.2. The van der Waals surface area contributed by atoms with E-state index in [2.05, 4.69) is 29.0 Å². The zero-order valence-electron chi connectivity index (χ0n) is 18.0. The fourth-order valence-corrected chi connectivity index (χ4v) is 4.03. The number of phosphoric acid groups is 2. The number of imidazole rings is 1. The van der Waals surface area contributed by atoms with Crippen LogP contribution in [0.25, 0.3) is 11.2 Å². The number of primary amides is 1. The predicted molar refractivity (Wildman–Crippen MR) is 117 cm³/mol. The molecule has 3 aromatic heterocycles. The maximum atomic E-state index is 11.2. The van der Waals surface area contributed by atoms with Gasteiger partial charge in [-0.2, -0.15) is 0 Å². The molecule has 0 unspecified atom stereocenters. The summed E-state index contributed by atoms with van der Waals surface area (Å²) >= 11 is 0. The second-order valence-corrected chi connectivity index (χ2v) is 9.52. The van der Waals surface area contributed by atoms with Gasteiger partial charge in [0.2, 0.25) is 5.91 Å². The summed E-state index contributed by atoms with van der Waals surface area (Å²) in [6.45, 7) is -0.813. The fraction of sp³-hybridized carbons (Fsp3) is 0.312. The Labute approximate surface area is 201 Å². The minimum Gasteiger partial charge on any atom is -0.386 e. The third-order valence-corrected chi connectivity index (χ3v) is 5.59. The number of aliphatic hydroxyl groups is 1. The minimum atomic E-state index is -5.07. The van der Waals surface area contributed by atoms with Gasteiger partial charge < -0.3 is 40.9 Å². The molecule has 196 valence electrons. The number of aromatic nitrogens is 5. The zero-order chi connectivity index (χ0) is 26.7. The standard InChI is InChI=1S/C10H15N5O10P2.C6H6N2O/c11-8-5-9(13-2-12-8)15(3-14-5)10-6(16)7(25-27(20,21)22)4(24-10)1-23-26(17,18)19;7-6(9)5-2-1-3-8-4-5/h2-4,6-7,10,16H,1H2,(H2,11,12,13)(H2,17,18,19)(H2,20,21,22);1-4H,(H2,7,9)/t4-,6-,7-,10-;/m1./s1. The number of hydrogen-bond acceptors (Lipinski definition) is 12. The van der Waals surface area contributed by atoms with E-state index in [9.17, 15) is 19.0 Å². The van der Waals surface area contributed by atoms with Gasteiger partial charge in [-0.3, -0.25) is 23.4 Å². The third-order valence-electron chi connectivity index (χ3n) is 4.58. The molecule has 36 heavy (non-hydrogen) atoms. The highest BCUT2D eigenvalue weighted by Crippen LogP contribution is 2.45. The average Bonchev–Trinajstić information content (AvgIpc) is 3.34. The van der Waals surface area contributed by atoms with Gasteiger partial charge in [0, 0.05) is 12.4 Å². The molecular formula is C16H21N7O11P2. The van der Waals surface area contributed by atoms with E-state index in [0.29, 0.717) is 5.56 Å². The summed E-state index contributed by atoms with van der Waals surface area (Å²) in [6, 6.07) is 3.29. The van der Waals surface area contributed by atoms with Gasteiger partial charge in [-0.1, -0.05) is 0 Å². The molecule has 0 aromatic carbocycles. The first-order valence-corrected chi connectivity index (χ1v) is 12.7. The lowest BCUT2D eigenvalue weighted by atomic mass is 10.1. The van der Waals surface area contributed by atoms with Crippen LogP contribution in [0.2, 0.25) is 0 Å². The Hall–Kier alpha value is -2.89. The molecule has 1 saturated heterocycles. The van der Waals surface area contributed by atoms with Gasteiger partial charge in [-0.15, -0.1) is 0 Å². The van der Waals surface area contributed by atoms with E-state index in [1.807, 2.05) is 0 Å². The van der Waals surface area contributed by atoms with E-state index in [1.165, 1.54) is 17.1 Å². The summed E-state index contributed by atoms with van der Waals surface area (Å²) in [5, 5.41) is 10.4. The second-order valence-electron chi connectivity index (χ2n) is 7.09. The summed E-state index contributed by atoms with van der Waals surface area (Å²) in [5.74, 6) is -0.390. The summed E-state index contributed by atoms with van der Waals surface area (Å²) in [5.41, 5.74) is 11.4. The number of pyridine rings is 1. The smallest absolute Gasteiger partial charge is 0.386 e. The average molecular weight is 549 g/mol. The van der Waals surface area contributed by atoms with E-state index >= 15 is 0 Å². The van der Waals surface area contributed by atoms with Crippen LogP contribution in [0.1, 0.15) is 16.6 Å². The quantitative estimate of drug-likeness (QED) is 0.164. The number of carbonyl (C=O) groups excluding carboxylic acids is 1. The Kier molecular flexibility index (Phi) is 8.48. The number of aliphatic hydroxyl groups excluding tert-OH is 1. The van der Waals surface area contributed by atoms with Gasteiger partial charge in [-0.05, 0) is 12.1 Å². The lowest BCUT2D eigenvalue weighted by Crippen LogP contribution is -2.35. The number of nitrogen functional groups attached to an aromatic ring is 1. The number of phosphoric ester groups is 2. The van der Waals surface area contributed by atoms with E-state index < -0.39 is 52.7 Å². The molecule has 18 nitrogen and oxygen atoms in total. The highest BCUT2D eigenvalue weighted by Gasteiger charge is 2.49. The van der Waals surface area contributed by atoms with Crippen molar-refractivity contribution in [2.24, 2.45) is 5.73 Å². The van der Waals surface area contributed by atoms with Gasteiger partial charge in [-0.25, -0.2) is 24.1 Å². The van der Waals surface area contributed by atoms with Crippen LogP contribution in [0, 0.1) is 0 Å². The highest BCUT2D eigenvalue weighted by molar-refractivity contribution is 7.46. The molecule has 4 heterocycles. The molecule has 9 N–H and O–H groups in total. The van der Waals surface area contributed by atoms with Gasteiger partial charge in [0.15, 0.2) is 17.7 Å². The molecule has 1 aliphatic heterocycles. The molecule has 4 atom stereocenters. The van der Waals surface area contributed by atoms with E-state index in [-0.39, 0.29) is 17.0 Å². The summed E-state index contributed by atoms with van der Waals surface area (Å²) < 4.78 is 37.6. The molecule has 0 saturated carbocycles. The summed E-state index contributed by atoms with van der Waals surface area (Å²) in [7, 11) is -9.98. The van der Waals surface area contributed by atoms with Crippen LogP contribution in [-0.2, 0) is 22.9 Å². The Balaban J connectivity index is 0.000000338. The minimum absolute atomic E-state index is 0.0515. The number of anilines is 1. The van der Waals surface area contributed by atoms with Crippen molar-refractivity contribution < 1.29 is 52.4 Å². The first kappa shape index (κ1) is 27.7. The largest absolute Gasteiger partial charge is 0.470 e. The first-order chi connectivity index (χ1) is 16.8. The van der Waals surface area contributed by atoms with Crippen LogP contribution in [0.3, 0.4) is 0 Å². The molecule has 1 fully saturated rings. The second kappa shape index (κ2) is 11.0. The van der Waals surface area contributed by atoms with Crippen LogP contribution in [0.15, 0.2) is 37.2 Å². The molecule has 0 radical (unpaired) electrons. The maximum Gasteiger partial charge on any atom is 0.470 e. The van der Waals surface area contributed by atoms with Crippen molar-refractivity contribution in [3.05, 3.63) is 42.7 Å². The Bertz CT molecular complexity index is 1300. The summed E-state index contributed by atoms with van der Waals surface area (Å²) in [4.78, 5) is 61.5. The Morgan fingerprint density at radius 3 is 2.44 bits per heavy atom. The van der Waals surface area contributed by atoms with Crippen LogP contribution in [-0.4, -0.2) is 80.0 Å². The van der Waals surface area contributed by atoms with Crippen molar-refractivity contribution >= 4 is 38.5 Å². The van der Waals surface area contributed by atoms with Crippen molar-refractivity contribution in [1.29, 1.82) is 0 Å². The topological polar surface area (TPSA) is 289 Å². The molecular weight excluding hydrogens is 528 g/mol. The van der Waals surface area contributed by atoms with Crippen LogP contribution < -0.4 is 11.5 Å². The monoisotopic (exact) mass is 549 g/mol. The molecule has 0 spiro atoms. The number of amides is 1. The molecule has 0 bridgehead atoms. The number of nitrogens with two attached hydrogens (primary N) is 2. The lowest BCUT2D eigenvalue weighted by molar-refractivity contribution is -0.0502.